The van der Waals surface area contributed by atoms with Crippen LogP contribution in [-0.2, 0) is 20.0 Å². The summed E-state index contributed by atoms with van der Waals surface area (Å²) < 4.78 is 62.7. The number of anilines is 1. The second-order valence-corrected chi connectivity index (χ2v) is 17.4. The number of alkyl carbamates (subject to hydrolysis) is 1. The molecule has 3 N–H and O–H groups in total. The molecule has 10 nitrogen and oxygen atoms in total. The molecule has 3 heterocycles. The monoisotopic (exact) mass is 749 g/mol. The number of amides is 2. The molecule has 53 heavy (non-hydrogen) atoms. The lowest BCUT2D eigenvalue weighted by atomic mass is 9.57. The lowest BCUT2D eigenvalue weighted by Crippen LogP contribution is -2.65. The fraction of sp³-hybridized carbons (Fsp3) is 0.500. The van der Waals surface area contributed by atoms with Gasteiger partial charge in [-0.2, -0.15) is 0 Å². The zero-order valence-corrected chi connectivity index (χ0v) is 31.0. The third-order valence-corrected chi connectivity index (χ3v) is 13.9. The van der Waals surface area contributed by atoms with Crippen LogP contribution in [0, 0.1) is 17.7 Å². The van der Waals surface area contributed by atoms with Gasteiger partial charge in [0, 0.05) is 35.8 Å². The molecule has 0 spiro atoms. The van der Waals surface area contributed by atoms with Crippen molar-refractivity contribution in [2.24, 2.45) is 17.6 Å². The number of nitrogens with one attached hydrogen (secondary N) is 1. The predicted molar refractivity (Wildman–Crippen MR) is 198 cm³/mol. The molecular weight excluding hydrogens is 701 g/mol. The molecule has 3 aliphatic heterocycles. The Morgan fingerprint density at radius 2 is 1.62 bits per heavy atom. The third-order valence-electron chi connectivity index (χ3n) is 12.2. The van der Waals surface area contributed by atoms with Crippen LogP contribution >= 0.6 is 0 Å². The van der Waals surface area contributed by atoms with Crippen molar-refractivity contribution in [2.75, 3.05) is 64.4 Å². The van der Waals surface area contributed by atoms with Crippen LogP contribution in [0.15, 0.2) is 82.6 Å². The van der Waals surface area contributed by atoms with Gasteiger partial charge in [0.05, 0.1) is 30.0 Å². The number of carbonyl (C=O) groups excluding carboxylic acids is 2. The predicted octanol–water partition coefficient (Wildman–Crippen LogP) is 5.17. The van der Waals surface area contributed by atoms with E-state index in [9.17, 15) is 22.4 Å². The molecule has 4 fully saturated rings. The third kappa shape index (κ3) is 7.52. The number of ether oxygens (including phenoxy) is 1. The first-order chi connectivity index (χ1) is 25.4. The number of rotatable bonds is 12. The fourth-order valence-corrected chi connectivity index (χ4v) is 10.8. The molecule has 0 bridgehead atoms. The average molecular weight is 750 g/mol. The fourth-order valence-electron chi connectivity index (χ4n) is 9.45. The Hall–Kier alpha value is -4.07. The summed E-state index contributed by atoms with van der Waals surface area (Å²) in [4.78, 5) is 30.7. The van der Waals surface area contributed by atoms with E-state index < -0.39 is 27.5 Å². The van der Waals surface area contributed by atoms with E-state index in [4.69, 9.17) is 10.5 Å². The molecule has 0 radical (unpaired) electrons. The highest BCUT2D eigenvalue weighted by atomic mass is 32.2. The molecule has 3 aromatic rings. The second kappa shape index (κ2) is 15.0. The minimum Gasteiger partial charge on any atom is -0.453 e. The molecule has 1 saturated carbocycles. The van der Waals surface area contributed by atoms with Crippen molar-refractivity contribution in [3.8, 4) is 0 Å². The molecule has 284 valence electrons. The molecule has 3 saturated heterocycles. The Morgan fingerprint density at radius 3 is 2.26 bits per heavy atom. The quantitative estimate of drug-likeness (QED) is 0.260. The smallest absolute Gasteiger partial charge is 0.407 e. The molecule has 4 aliphatic rings. The van der Waals surface area contributed by atoms with Crippen LogP contribution in [0.3, 0.4) is 0 Å². The number of likely N-dealkylation sites (tertiary alicyclic amines) is 2. The van der Waals surface area contributed by atoms with Crippen molar-refractivity contribution in [3.63, 3.8) is 0 Å². The summed E-state index contributed by atoms with van der Waals surface area (Å²) in [5, 5.41) is 3.13. The number of benzene rings is 3. The van der Waals surface area contributed by atoms with Gasteiger partial charge in [-0.1, -0.05) is 24.6 Å². The molecule has 1 unspecified atom stereocenters. The summed E-state index contributed by atoms with van der Waals surface area (Å²) in [6.45, 7) is 4.94. The average Bonchev–Trinajstić information content (AvgIpc) is 3.59. The maximum absolute atomic E-state index is 16.2. The number of alkyl halides is 1. The summed E-state index contributed by atoms with van der Waals surface area (Å²) >= 11 is 0. The van der Waals surface area contributed by atoms with Gasteiger partial charge in [-0.05, 0) is 130 Å². The van der Waals surface area contributed by atoms with Crippen molar-refractivity contribution in [2.45, 2.75) is 65.4 Å². The van der Waals surface area contributed by atoms with Crippen molar-refractivity contribution in [1.82, 2.24) is 15.1 Å². The molecule has 7 rings (SSSR count). The maximum atomic E-state index is 16.2. The molecule has 13 heteroatoms. The molecule has 3 atom stereocenters. The van der Waals surface area contributed by atoms with E-state index in [2.05, 4.69) is 21.2 Å². The van der Waals surface area contributed by atoms with Crippen LogP contribution in [0.1, 0.15) is 54.4 Å². The summed E-state index contributed by atoms with van der Waals surface area (Å²) in [5.74, 6) is -0.646. The lowest BCUT2D eigenvalue weighted by Gasteiger charge is -2.54. The number of hydrogen-bond donors (Lipinski definition) is 2. The number of sulfone groups is 1. The highest BCUT2D eigenvalue weighted by molar-refractivity contribution is 7.91. The minimum absolute atomic E-state index is 0.0216. The van der Waals surface area contributed by atoms with E-state index in [1.807, 2.05) is 4.90 Å². The van der Waals surface area contributed by atoms with Gasteiger partial charge in [-0.3, -0.25) is 9.69 Å². The van der Waals surface area contributed by atoms with E-state index in [0.29, 0.717) is 6.54 Å². The number of hydrogen-bond acceptors (Lipinski definition) is 8. The number of piperidine rings is 1. The Morgan fingerprint density at radius 1 is 0.906 bits per heavy atom. The minimum atomic E-state index is -3.88. The van der Waals surface area contributed by atoms with E-state index in [1.165, 1.54) is 49.6 Å². The summed E-state index contributed by atoms with van der Waals surface area (Å²) in [6, 6.07) is 19.0. The normalized spacial score (nSPS) is 23.4. The van der Waals surface area contributed by atoms with Crippen molar-refractivity contribution >= 4 is 27.5 Å². The lowest BCUT2D eigenvalue weighted by molar-refractivity contribution is 0.00584. The SMILES string of the molecule is COC(=O)N[C@H]1CCC[C@@H]1C(CN1CCC1)(c1cccc(F)c1)C1CCN(CC2(F)CN(c3ccc(S(=O)(=O)c4cccc(C(N)=O)c4)cc3)C2)CC1. The number of primary amides is 1. The zero-order chi connectivity index (χ0) is 37.4. The van der Waals surface area contributed by atoms with Crippen molar-refractivity contribution in [1.29, 1.82) is 0 Å². The van der Waals surface area contributed by atoms with Crippen molar-refractivity contribution in [3.05, 3.63) is 89.7 Å². The number of methoxy groups -OCH3 is 1. The molecule has 2 amide bonds. The zero-order valence-electron chi connectivity index (χ0n) is 30.2. The van der Waals surface area contributed by atoms with Crippen LogP contribution in [0.2, 0.25) is 0 Å². The topological polar surface area (TPSA) is 125 Å². The van der Waals surface area contributed by atoms with Gasteiger partial charge in [0.2, 0.25) is 15.7 Å². The van der Waals surface area contributed by atoms with Gasteiger partial charge in [0.25, 0.3) is 0 Å². The summed E-state index contributed by atoms with van der Waals surface area (Å²) in [5.41, 5.74) is 5.37. The van der Waals surface area contributed by atoms with E-state index >= 15 is 4.39 Å². The first-order valence-electron chi connectivity index (χ1n) is 18.6. The molecule has 1 aliphatic carbocycles. The van der Waals surface area contributed by atoms with Gasteiger partial charge in [-0.25, -0.2) is 22.0 Å². The number of nitrogens with zero attached hydrogens (tertiary/aromatic N) is 3. The maximum Gasteiger partial charge on any atom is 0.407 e. The Bertz CT molecular complexity index is 1910. The Balaban J connectivity index is 1.02. The number of nitrogens with two attached hydrogens (primary N) is 1. The Kier molecular flexibility index (Phi) is 10.5. The number of carbonyl (C=O) groups is 2. The highest BCUT2D eigenvalue weighted by Gasteiger charge is 2.54. The molecular formula is C40H49F2N5O5S. The first kappa shape index (κ1) is 37.3. The first-order valence-corrected chi connectivity index (χ1v) is 20.1. The Labute approximate surface area is 310 Å². The van der Waals surface area contributed by atoms with Gasteiger partial charge in [0.1, 0.15) is 5.82 Å². The summed E-state index contributed by atoms with van der Waals surface area (Å²) in [6.07, 6.45) is 5.12. The van der Waals surface area contributed by atoms with E-state index in [-0.39, 0.29) is 57.6 Å². The van der Waals surface area contributed by atoms with Gasteiger partial charge in [0.15, 0.2) is 5.67 Å². The van der Waals surface area contributed by atoms with Gasteiger partial charge < -0.3 is 25.6 Å². The van der Waals surface area contributed by atoms with Crippen LogP contribution in [-0.4, -0.2) is 101 Å². The summed E-state index contributed by atoms with van der Waals surface area (Å²) in [7, 11) is -2.49. The number of halogens is 2. The molecule has 0 aromatic heterocycles. The largest absolute Gasteiger partial charge is 0.453 e. The van der Waals surface area contributed by atoms with Gasteiger partial charge >= 0.3 is 6.09 Å². The van der Waals surface area contributed by atoms with E-state index in [1.54, 1.807) is 24.3 Å². The van der Waals surface area contributed by atoms with E-state index in [0.717, 1.165) is 82.5 Å². The standard InChI is InChI=1S/C40H49F2N5O5S/c1-52-38(49)44-36-11-4-10-35(36)40(27-45-18-5-19-45,30-7-3-8-31(41)23-30)29-16-20-46(21-17-29)24-39(42)25-47(26-39)32-12-14-33(15-13-32)53(50,51)34-9-2-6-28(22-34)37(43)48/h2-3,6-9,12-15,22-23,29,35-36H,4-5,10-11,16-21,24-27H2,1H3,(H2,43,48)(H,44,49)/t35-,36-,40?/m0/s1. The van der Waals surface area contributed by atoms with Crippen LogP contribution < -0.4 is 16.0 Å². The van der Waals surface area contributed by atoms with Crippen molar-refractivity contribution < 1.29 is 31.5 Å². The van der Waals surface area contributed by atoms with Crippen LogP contribution in [0.5, 0.6) is 0 Å². The second-order valence-electron chi connectivity index (χ2n) is 15.4. The highest BCUT2D eigenvalue weighted by Crippen LogP contribution is 2.51. The van der Waals surface area contributed by atoms with Crippen LogP contribution in [0.4, 0.5) is 19.3 Å². The molecule has 3 aromatic carbocycles. The van der Waals surface area contributed by atoms with Gasteiger partial charge in [-0.15, -0.1) is 0 Å². The van der Waals surface area contributed by atoms with Crippen LogP contribution in [0.25, 0.3) is 0 Å².